The molecule has 1 N–H and O–H groups in total. The van der Waals surface area contributed by atoms with E-state index in [1.165, 1.54) is 26.3 Å². The van der Waals surface area contributed by atoms with Crippen LogP contribution in [0.1, 0.15) is 12.8 Å². The molecule has 0 spiro atoms. The van der Waals surface area contributed by atoms with Gasteiger partial charge in [0, 0.05) is 43.8 Å². The van der Waals surface area contributed by atoms with Gasteiger partial charge < -0.3 is 14.8 Å². The van der Waals surface area contributed by atoms with Gasteiger partial charge in [0.1, 0.15) is 17.2 Å². The lowest BCUT2D eigenvalue weighted by Crippen LogP contribution is -2.34. The summed E-state index contributed by atoms with van der Waals surface area (Å²) in [5.74, 6) is 0.698. The maximum Gasteiger partial charge on any atom is 0.271 e. The van der Waals surface area contributed by atoms with E-state index in [1.54, 1.807) is 18.2 Å². The summed E-state index contributed by atoms with van der Waals surface area (Å²) >= 11 is 0. The van der Waals surface area contributed by atoms with Crippen molar-refractivity contribution in [3.8, 4) is 11.5 Å². The van der Waals surface area contributed by atoms with Crippen LogP contribution >= 0.6 is 0 Å². The number of carbonyl (C=O) groups is 2. The molecular weight excluding hydrogens is 274 g/mol. The molecule has 0 saturated heterocycles. The van der Waals surface area contributed by atoms with Gasteiger partial charge in [-0.3, -0.25) is 9.59 Å². The van der Waals surface area contributed by atoms with Gasteiger partial charge in [-0.1, -0.05) is 0 Å². The number of methoxy groups -OCH3 is 2. The zero-order chi connectivity index (χ0) is 15.4. The van der Waals surface area contributed by atoms with Crippen LogP contribution in [0, 0.1) is 0 Å². The number of benzene rings is 1. The van der Waals surface area contributed by atoms with Crippen LogP contribution in [0.3, 0.4) is 0 Å². The molecule has 0 bridgehead atoms. The van der Waals surface area contributed by atoms with Crippen LogP contribution < -0.4 is 14.8 Å². The van der Waals surface area contributed by atoms with E-state index in [4.69, 9.17) is 9.47 Å². The van der Waals surface area contributed by atoms with Gasteiger partial charge in [0.15, 0.2) is 0 Å². The van der Waals surface area contributed by atoms with E-state index >= 15 is 0 Å². The van der Waals surface area contributed by atoms with Crippen molar-refractivity contribution in [3.63, 3.8) is 0 Å². The molecule has 0 saturated carbocycles. The normalized spacial score (nSPS) is 14.5. The van der Waals surface area contributed by atoms with Gasteiger partial charge in [0.05, 0.1) is 14.2 Å². The smallest absolute Gasteiger partial charge is 0.271 e. The first-order valence-corrected chi connectivity index (χ1v) is 6.42. The lowest BCUT2D eigenvalue weighted by atomic mass is 10.1. The molecule has 0 unspecified atom stereocenters. The van der Waals surface area contributed by atoms with Crippen LogP contribution in [0.25, 0.3) is 0 Å². The lowest BCUT2D eigenvalue weighted by Gasteiger charge is -2.19. The maximum atomic E-state index is 12.2. The Bertz CT molecular complexity index is 576. The Morgan fingerprint density at radius 2 is 1.81 bits per heavy atom. The second-order valence-corrected chi connectivity index (χ2v) is 4.52. The fourth-order valence-corrected chi connectivity index (χ4v) is 1.92. The van der Waals surface area contributed by atoms with Crippen molar-refractivity contribution in [1.29, 1.82) is 0 Å². The number of rotatable bonds is 4. The topological polar surface area (TPSA) is 80.2 Å². The number of ether oxygens (including phenoxy) is 2. The van der Waals surface area contributed by atoms with Crippen molar-refractivity contribution >= 4 is 23.2 Å². The quantitative estimate of drug-likeness (QED) is 0.905. The summed E-state index contributed by atoms with van der Waals surface area (Å²) in [5.41, 5.74) is 0.859. The van der Waals surface area contributed by atoms with E-state index in [0.717, 1.165) is 0 Å². The molecular formula is C14H17N3O4. The number of hydrazone groups is 1. The average molecular weight is 291 g/mol. The third kappa shape index (κ3) is 3.50. The van der Waals surface area contributed by atoms with E-state index in [1.807, 2.05) is 0 Å². The Morgan fingerprint density at radius 3 is 2.33 bits per heavy atom. The Balaban J connectivity index is 2.16. The molecule has 1 aromatic carbocycles. The largest absolute Gasteiger partial charge is 0.497 e. The third-order valence-electron chi connectivity index (χ3n) is 3.08. The monoisotopic (exact) mass is 291 g/mol. The van der Waals surface area contributed by atoms with Gasteiger partial charge in [0.25, 0.3) is 5.91 Å². The van der Waals surface area contributed by atoms with Gasteiger partial charge in [-0.15, -0.1) is 0 Å². The van der Waals surface area contributed by atoms with Crippen molar-refractivity contribution in [2.24, 2.45) is 5.10 Å². The summed E-state index contributed by atoms with van der Waals surface area (Å²) in [5, 5.41) is 7.88. The minimum Gasteiger partial charge on any atom is -0.497 e. The first kappa shape index (κ1) is 14.8. The third-order valence-corrected chi connectivity index (χ3v) is 3.08. The van der Waals surface area contributed by atoms with Crippen molar-refractivity contribution in [2.45, 2.75) is 12.8 Å². The second-order valence-electron chi connectivity index (χ2n) is 4.52. The fraction of sp³-hybridized carbons (Fsp3) is 0.357. The SMILES string of the molecule is COc1cc(NC(=O)C2=NN(C)C(=O)CC2)cc(OC)c1. The summed E-state index contributed by atoms with van der Waals surface area (Å²) in [4.78, 5) is 23.5. The maximum absolute atomic E-state index is 12.2. The minimum atomic E-state index is -0.343. The second kappa shape index (κ2) is 6.25. The van der Waals surface area contributed by atoms with E-state index in [2.05, 4.69) is 10.4 Å². The van der Waals surface area contributed by atoms with Gasteiger partial charge >= 0.3 is 0 Å². The van der Waals surface area contributed by atoms with Crippen LogP contribution in [0.15, 0.2) is 23.3 Å². The molecule has 1 heterocycles. The summed E-state index contributed by atoms with van der Waals surface area (Å²) in [6, 6.07) is 5.07. The first-order chi connectivity index (χ1) is 10.0. The predicted molar refractivity (Wildman–Crippen MR) is 77.6 cm³/mol. The number of amides is 2. The molecule has 2 amide bonds. The standard InChI is InChI=1S/C14H17N3O4/c1-17-13(18)5-4-12(16-17)14(19)15-9-6-10(20-2)8-11(7-9)21-3/h6-8H,4-5H2,1-3H3,(H,15,19). The van der Waals surface area contributed by atoms with Gasteiger partial charge in [0.2, 0.25) is 5.91 Å². The zero-order valence-corrected chi connectivity index (χ0v) is 12.2. The Hall–Kier alpha value is -2.57. The van der Waals surface area contributed by atoms with Crippen molar-refractivity contribution in [3.05, 3.63) is 18.2 Å². The molecule has 0 aromatic heterocycles. The van der Waals surface area contributed by atoms with Gasteiger partial charge in [-0.25, -0.2) is 5.01 Å². The molecule has 7 heteroatoms. The van der Waals surface area contributed by atoms with Crippen LogP contribution in [0.5, 0.6) is 11.5 Å². The van der Waals surface area contributed by atoms with E-state index in [9.17, 15) is 9.59 Å². The highest BCUT2D eigenvalue weighted by molar-refractivity contribution is 6.43. The molecule has 1 aromatic rings. The fourth-order valence-electron chi connectivity index (χ4n) is 1.92. The molecule has 0 fully saturated rings. The van der Waals surface area contributed by atoms with E-state index in [0.29, 0.717) is 29.3 Å². The molecule has 0 atom stereocenters. The first-order valence-electron chi connectivity index (χ1n) is 6.42. The summed E-state index contributed by atoms with van der Waals surface area (Å²) in [6.45, 7) is 0. The Kier molecular flexibility index (Phi) is 4.42. The molecule has 1 aliphatic rings. The van der Waals surface area contributed by atoms with Crippen LogP contribution in [0.2, 0.25) is 0 Å². The van der Waals surface area contributed by atoms with Crippen LogP contribution in [-0.4, -0.2) is 43.8 Å². The Morgan fingerprint density at radius 1 is 1.19 bits per heavy atom. The average Bonchev–Trinajstić information content (AvgIpc) is 2.49. The lowest BCUT2D eigenvalue weighted by molar-refractivity contribution is -0.130. The number of nitrogens with zero attached hydrogens (tertiary/aromatic N) is 2. The molecule has 2 rings (SSSR count). The molecule has 1 aliphatic heterocycles. The number of hydrogen-bond acceptors (Lipinski definition) is 5. The zero-order valence-electron chi connectivity index (χ0n) is 12.2. The van der Waals surface area contributed by atoms with Crippen LogP contribution in [0.4, 0.5) is 5.69 Å². The van der Waals surface area contributed by atoms with Gasteiger partial charge in [-0.2, -0.15) is 5.10 Å². The van der Waals surface area contributed by atoms with Crippen LogP contribution in [-0.2, 0) is 9.59 Å². The molecule has 112 valence electrons. The molecule has 7 nitrogen and oxygen atoms in total. The highest BCUT2D eigenvalue weighted by atomic mass is 16.5. The Labute approximate surface area is 122 Å². The predicted octanol–water partition coefficient (Wildman–Crippen LogP) is 1.25. The minimum absolute atomic E-state index is 0.102. The number of hydrogen-bond donors (Lipinski definition) is 1. The number of carbonyl (C=O) groups excluding carboxylic acids is 2. The van der Waals surface area contributed by atoms with Gasteiger partial charge in [-0.05, 0) is 0 Å². The highest BCUT2D eigenvalue weighted by Gasteiger charge is 2.22. The molecule has 0 radical (unpaired) electrons. The highest BCUT2D eigenvalue weighted by Crippen LogP contribution is 2.26. The van der Waals surface area contributed by atoms with E-state index < -0.39 is 0 Å². The number of nitrogens with one attached hydrogen (secondary N) is 1. The summed E-state index contributed by atoms with van der Waals surface area (Å²) in [7, 11) is 4.60. The molecule has 0 aliphatic carbocycles. The van der Waals surface area contributed by atoms with Crippen molar-refractivity contribution in [1.82, 2.24) is 5.01 Å². The molecule has 21 heavy (non-hydrogen) atoms. The summed E-state index contributed by atoms with van der Waals surface area (Å²) < 4.78 is 10.3. The van der Waals surface area contributed by atoms with Crippen molar-refractivity contribution < 1.29 is 19.1 Å². The summed E-state index contributed by atoms with van der Waals surface area (Å²) in [6.07, 6.45) is 0.611. The number of anilines is 1. The van der Waals surface area contributed by atoms with E-state index in [-0.39, 0.29) is 18.2 Å². The van der Waals surface area contributed by atoms with Crippen molar-refractivity contribution in [2.75, 3.05) is 26.6 Å².